The van der Waals surface area contributed by atoms with E-state index in [1.807, 2.05) is 0 Å². The molecule has 0 saturated heterocycles. The van der Waals surface area contributed by atoms with Crippen molar-refractivity contribution >= 4 is 17.9 Å². The number of rotatable bonds is 58. The molecule has 0 aliphatic rings. The van der Waals surface area contributed by atoms with E-state index in [0.717, 1.165) is 64.2 Å². The van der Waals surface area contributed by atoms with Gasteiger partial charge in [-0.3, -0.25) is 14.4 Å². The standard InChI is InChI=1S/C65H120O6/c1-4-7-10-13-16-19-22-25-28-30-32-33-34-36-37-40-43-46-49-52-55-58-64(67)70-61-62(60-69-63(66)57-54-51-48-45-42-39-27-24-21-18-15-12-9-6-3)71-65(68)59-56-53-50-47-44-41-38-35-31-29-26-23-20-17-14-11-8-5-2/h22,25,29-32,62H,4-21,23-24,26-28,33-61H2,1-3H3/b25-22-,31-29-,32-30-. The summed E-state index contributed by atoms with van der Waals surface area (Å²) in [5, 5.41) is 0. The Hall–Kier alpha value is -2.37. The lowest BCUT2D eigenvalue weighted by atomic mass is 10.0. The predicted octanol–water partition coefficient (Wildman–Crippen LogP) is 21.2. The van der Waals surface area contributed by atoms with E-state index in [1.54, 1.807) is 0 Å². The molecule has 1 atom stereocenters. The molecule has 0 saturated carbocycles. The second-order valence-corrected chi connectivity index (χ2v) is 21.3. The highest BCUT2D eigenvalue weighted by Gasteiger charge is 2.19. The Kier molecular flexibility index (Phi) is 58.2. The van der Waals surface area contributed by atoms with Gasteiger partial charge in [0.15, 0.2) is 6.10 Å². The van der Waals surface area contributed by atoms with Gasteiger partial charge in [0.1, 0.15) is 13.2 Å². The summed E-state index contributed by atoms with van der Waals surface area (Å²) in [5.41, 5.74) is 0. The maximum Gasteiger partial charge on any atom is 0.306 e. The van der Waals surface area contributed by atoms with E-state index in [-0.39, 0.29) is 31.1 Å². The monoisotopic (exact) mass is 997 g/mol. The summed E-state index contributed by atoms with van der Waals surface area (Å²) >= 11 is 0. The third kappa shape index (κ3) is 58.4. The number of unbranched alkanes of at least 4 members (excludes halogenated alkanes) is 41. The van der Waals surface area contributed by atoms with Crippen molar-refractivity contribution in [2.45, 2.75) is 348 Å². The van der Waals surface area contributed by atoms with E-state index in [9.17, 15) is 14.4 Å². The van der Waals surface area contributed by atoms with E-state index in [4.69, 9.17) is 14.2 Å². The van der Waals surface area contributed by atoms with E-state index in [2.05, 4.69) is 57.2 Å². The van der Waals surface area contributed by atoms with E-state index < -0.39 is 6.10 Å². The van der Waals surface area contributed by atoms with Gasteiger partial charge in [-0.15, -0.1) is 0 Å². The average Bonchev–Trinajstić information content (AvgIpc) is 3.37. The van der Waals surface area contributed by atoms with E-state index in [0.29, 0.717) is 19.3 Å². The lowest BCUT2D eigenvalue weighted by Crippen LogP contribution is -2.30. The number of hydrogen-bond donors (Lipinski definition) is 0. The molecular weight excluding hydrogens is 877 g/mol. The summed E-state index contributed by atoms with van der Waals surface area (Å²) in [6, 6.07) is 0. The Balaban J connectivity index is 4.32. The zero-order valence-corrected chi connectivity index (χ0v) is 47.8. The van der Waals surface area contributed by atoms with Crippen LogP contribution in [0.1, 0.15) is 342 Å². The largest absolute Gasteiger partial charge is 0.462 e. The molecule has 6 heteroatoms. The normalized spacial score (nSPS) is 12.2. The molecule has 6 nitrogen and oxygen atoms in total. The first-order valence-corrected chi connectivity index (χ1v) is 31.5. The first-order valence-electron chi connectivity index (χ1n) is 31.5. The molecule has 0 radical (unpaired) electrons. The third-order valence-electron chi connectivity index (χ3n) is 14.1. The Bertz CT molecular complexity index is 1190. The minimum absolute atomic E-state index is 0.0710. The van der Waals surface area contributed by atoms with Gasteiger partial charge in [0.2, 0.25) is 0 Å². The summed E-state index contributed by atoms with van der Waals surface area (Å²) in [6.07, 6.45) is 72.8. The number of carbonyl (C=O) groups excluding carboxylic acids is 3. The molecule has 0 aliphatic carbocycles. The van der Waals surface area contributed by atoms with Crippen molar-refractivity contribution in [3.8, 4) is 0 Å². The average molecular weight is 998 g/mol. The highest BCUT2D eigenvalue weighted by Crippen LogP contribution is 2.17. The summed E-state index contributed by atoms with van der Waals surface area (Å²) < 4.78 is 16.9. The highest BCUT2D eigenvalue weighted by atomic mass is 16.6. The van der Waals surface area contributed by atoms with Crippen molar-refractivity contribution in [3.05, 3.63) is 36.5 Å². The SMILES string of the molecule is CCCCCCC/C=C\C/C=C\CCCCCCCCCCCC(=O)OCC(COC(=O)CCCCCCCCCCCCCCCC)OC(=O)CCCCCCCCC/C=C\CCCCCCCCC. The van der Waals surface area contributed by atoms with E-state index >= 15 is 0 Å². The molecule has 0 heterocycles. The van der Waals surface area contributed by atoms with Gasteiger partial charge in [-0.2, -0.15) is 0 Å². The van der Waals surface area contributed by atoms with Crippen LogP contribution in [0.4, 0.5) is 0 Å². The van der Waals surface area contributed by atoms with Crippen LogP contribution in [-0.2, 0) is 28.6 Å². The fourth-order valence-corrected chi connectivity index (χ4v) is 9.35. The highest BCUT2D eigenvalue weighted by molar-refractivity contribution is 5.71. The van der Waals surface area contributed by atoms with Crippen molar-refractivity contribution in [3.63, 3.8) is 0 Å². The summed E-state index contributed by atoms with van der Waals surface area (Å²) in [4.78, 5) is 38.3. The van der Waals surface area contributed by atoms with Gasteiger partial charge < -0.3 is 14.2 Å². The Labute approximate surface area is 442 Å². The van der Waals surface area contributed by atoms with Crippen LogP contribution in [0.5, 0.6) is 0 Å². The molecule has 0 fully saturated rings. The van der Waals surface area contributed by atoms with Gasteiger partial charge in [0.25, 0.3) is 0 Å². The lowest BCUT2D eigenvalue weighted by molar-refractivity contribution is -0.167. The molecule has 0 amide bonds. The number of esters is 3. The van der Waals surface area contributed by atoms with Crippen LogP contribution in [-0.4, -0.2) is 37.2 Å². The van der Waals surface area contributed by atoms with Crippen molar-refractivity contribution in [2.24, 2.45) is 0 Å². The molecule has 416 valence electrons. The third-order valence-corrected chi connectivity index (χ3v) is 14.1. The van der Waals surface area contributed by atoms with Crippen molar-refractivity contribution in [2.75, 3.05) is 13.2 Å². The summed E-state index contributed by atoms with van der Waals surface area (Å²) in [7, 11) is 0. The zero-order chi connectivity index (χ0) is 51.4. The summed E-state index contributed by atoms with van der Waals surface area (Å²) in [6.45, 7) is 6.67. The number of carbonyl (C=O) groups is 3. The van der Waals surface area contributed by atoms with Crippen LogP contribution in [0.2, 0.25) is 0 Å². The van der Waals surface area contributed by atoms with Crippen molar-refractivity contribution in [1.29, 1.82) is 0 Å². The van der Waals surface area contributed by atoms with Gasteiger partial charge in [-0.05, 0) is 77.0 Å². The quantitative estimate of drug-likeness (QED) is 0.0261. The molecule has 0 aromatic carbocycles. The van der Waals surface area contributed by atoms with Crippen LogP contribution in [0.3, 0.4) is 0 Å². The molecule has 0 bridgehead atoms. The fraction of sp³-hybridized carbons (Fsp3) is 0.862. The maximum absolute atomic E-state index is 12.9. The first kappa shape index (κ1) is 68.6. The molecule has 0 spiro atoms. The lowest BCUT2D eigenvalue weighted by Gasteiger charge is -2.18. The molecule has 0 N–H and O–H groups in total. The van der Waals surface area contributed by atoms with Crippen LogP contribution >= 0.6 is 0 Å². The molecule has 1 unspecified atom stereocenters. The Morgan fingerprint density at radius 1 is 0.282 bits per heavy atom. The van der Waals surface area contributed by atoms with Gasteiger partial charge in [-0.25, -0.2) is 0 Å². The zero-order valence-electron chi connectivity index (χ0n) is 47.8. The molecule has 71 heavy (non-hydrogen) atoms. The molecule has 0 aliphatic heterocycles. The smallest absolute Gasteiger partial charge is 0.306 e. The van der Waals surface area contributed by atoms with Crippen LogP contribution < -0.4 is 0 Å². The molecule has 0 aromatic rings. The molecule has 0 aromatic heterocycles. The first-order chi connectivity index (χ1) is 35.0. The summed E-state index contributed by atoms with van der Waals surface area (Å²) in [5.74, 6) is -0.858. The number of ether oxygens (including phenoxy) is 3. The Morgan fingerprint density at radius 3 is 0.789 bits per heavy atom. The van der Waals surface area contributed by atoms with Crippen molar-refractivity contribution in [1.82, 2.24) is 0 Å². The van der Waals surface area contributed by atoms with Gasteiger partial charge in [-0.1, -0.05) is 282 Å². The number of hydrogen-bond acceptors (Lipinski definition) is 6. The Morgan fingerprint density at radius 2 is 0.507 bits per heavy atom. The minimum Gasteiger partial charge on any atom is -0.462 e. The van der Waals surface area contributed by atoms with Crippen LogP contribution in [0.25, 0.3) is 0 Å². The molecular formula is C65H120O6. The van der Waals surface area contributed by atoms with E-state index in [1.165, 1.54) is 238 Å². The van der Waals surface area contributed by atoms with Crippen molar-refractivity contribution < 1.29 is 28.6 Å². The topological polar surface area (TPSA) is 78.9 Å². The minimum atomic E-state index is -0.774. The second-order valence-electron chi connectivity index (χ2n) is 21.3. The second kappa shape index (κ2) is 60.2. The van der Waals surface area contributed by atoms with Crippen LogP contribution in [0.15, 0.2) is 36.5 Å². The maximum atomic E-state index is 12.9. The fourth-order valence-electron chi connectivity index (χ4n) is 9.35. The van der Waals surface area contributed by atoms with Gasteiger partial charge in [0, 0.05) is 19.3 Å². The van der Waals surface area contributed by atoms with Gasteiger partial charge >= 0.3 is 17.9 Å². The predicted molar refractivity (Wildman–Crippen MR) is 307 cm³/mol. The van der Waals surface area contributed by atoms with Gasteiger partial charge in [0.05, 0.1) is 0 Å². The number of allylic oxidation sites excluding steroid dienone is 6. The van der Waals surface area contributed by atoms with Crippen LogP contribution in [0, 0.1) is 0 Å². The molecule has 0 rings (SSSR count).